The van der Waals surface area contributed by atoms with Crippen molar-refractivity contribution in [3.8, 4) is 0 Å². The minimum absolute atomic E-state index is 0.0145. The van der Waals surface area contributed by atoms with Gasteiger partial charge in [0, 0.05) is 57.5 Å². The third-order valence-corrected chi connectivity index (χ3v) is 6.85. The predicted octanol–water partition coefficient (Wildman–Crippen LogP) is 4.59. The molecule has 2 aromatic rings. The third kappa shape index (κ3) is 6.04. The second kappa shape index (κ2) is 11.2. The van der Waals surface area contributed by atoms with E-state index in [-0.39, 0.29) is 17.7 Å². The van der Waals surface area contributed by atoms with E-state index in [4.69, 9.17) is 0 Å². The smallest absolute Gasteiger partial charge is 0.246 e. The van der Waals surface area contributed by atoms with Crippen LogP contribution in [0.2, 0.25) is 0 Å². The molecule has 0 spiro atoms. The zero-order valence-electron chi connectivity index (χ0n) is 19.7. The molecular formula is C28H35N3O2. The van der Waals surface area contributed by atoms with Gasteiger partial charge in [-0.25, -0.2) is 0 Å². The van der Waals surface area contributed by atoms with E-state index in [0.717, 1.165) is 31.5 Å². The predicted molar refractivity (Wildman–Crippen MR) is 134 cm³/mol. The third-order valence-electron chi connectivity index (χ3n) is 6.85. The molecule has 0 unspecified atom stereocenters. The summed E-state index contributed by atoms with van der Waals surface area (Å²) in [4.78, 5) is 31.9. The summed E-state index contributed by atoms with van der Waals surface area (Å²) in [5, 5.41) is 0. The average molecular weight is 446 g/mol. The average Bonchev–Trinajstić information content (AvgIpc) is 2.88. The number of nitrogens with zero attached hydrogens (tertiary/aromatic N) is 3. The number of hydrogen-bond donors (Lipinski definition) is 0. The van der Waals surface area contributed by atoms with E-state index in [0.29, 0.717) is 19.6 Å². The summed E-state index contributed by atoms with van der Waals surface area (Å²) >= 11 is 0. The van der Waals surface area contributed by atoms with Crippen LogP contribution in [0.4, 0.5) is 5.69 Å². The summed E-state index contributed by atoms with van der Waals surface area (Å²) in [7, 11) is 1.91. The fraction of sp³-hybridized carbons (Fsp3) is 0.429. The van der Waals surface area contributed by atoms with Gasteiger partial charge in [0.05, 0.1) is 0 Å². The Morgan fingerprint density at radius 2 is 1.58 bits per heavy atom. The molecule has 0 N–H and O–H groups in total. The number of benzene rings is 2. The molecule has 2 aliphatic rings. The van der Waals surface area contributed by atoms with Gasteiger partial charge in [-0.2, -0.15) is 0 Å². The lowest BCUT2D eigenvalue weighted by Crippen LogP contribution is -2.43. The summed E-state index contributed by atoms with van der Waals surface area (Å²) in [6, 6.07) is 18.3. The first-order chi connectivity index (χ1) is 16.1. The first-order valence-electron chi connectivity index (χ1n) is 12.2. The van der Waals surface area contributed by atoms with Crippen LogP contribution in [0.15, 0.2) is 60.7 Å². The van der Waals surface area contributed by atoms with Crippen LogP contribution >= 0.6 is 0 Å². The lowest BCUT2D eigenvalue weighted by Gasteiger charge is -2.34. The highest BCUT2D eigenvalue weighted by atomic mass is 16.2. The number of hydrogen-bond acceptors (Lipinski definition) is 3. The minimum Gasteiger partial charge on any atom is -0.371 e. The molecule has 0 bridgehead atoms. The van der Waals surface area contributed by atoms with Gasteiger partial charge in [0.25, 0.3) is 0 Å². The Kier molecular flexibility index (Phi) is 7.82. The summed E-state index contributed by atoms with van der Waals surface area (Å²) in [6.07, 6.45) is 8.72. The van der Waals surface area contributed by atoms with Crippen molar-refractivity contribution in [2.75, 3.05) is 38.1 Å². The van der Waals surface area contributed by atoms with Crippen molar-refractivity contribution in [2.24, 2.45) is 5.92 Å². The molecule has 5 nitrogen and oxygen atoms in total. The Morgan fingerprint density at radius 3 is 2.30 bits per heavy atom. The van der Waals surface area contributed by atoms with E-state index in [2.05, 4.69) is 29.2 Å². The number of para-hydroxylation sites is 1. The fourth-order valence-electron chi connectivity index (χ4n) is 4.92. The molecule has 33 heavy (non-hydrogen) atoms. The van der Waals surface area contributed by atoms with Gasteiger partial charge >= 0.3 is 0 Å². The molecule has 0 saturated carbocycles. The zero-order valence-corrected chi connectivity index (χ0v) is 19.7. The number of amides is 2. The van der Waals surface area contributed by atoms with Crippen molar-refractivity contribution in [3.63, 3.8) is 0 Å². The monoisotopic (exact) mass is 445 g/mol. The first kappa shape index (κ1) is 23.1. The maximum Gasteiger partial charge on any atom is 0.246 e. The molecule has 0 aromatic heterocycles. The van der Waals surface area contributed by atoms with Crippen molar-refractivity contribution >= 4 is 23.6 Å². The summed E-state index contributed by atoms with van der Waals surface area (Å²) in [5.74, 6) is 0.197. The quantitative estimate of drug-likeness (QED) is 0.611. The first-order valence-corrected chi connectivity index (χ1v) is 12.2. The van der Waals surface area contributed by atoms with Crippen LogP contribution in [0.1, 0.15) is 43.2 Å². The highest BCUT2D eigenvalue weighted by Gasteiger charge is 2.29. The van der Waals surface area contributed by atoms with Crippen LogP contribution in [0, 0.1) is 5.92 Å². The van der Waals surface area contributed by atoms with E-state index in [1.165, 1.54) is 30.5 Å². The number of likely N-dealkylation sites (tertiary alicyclic amines) is 1. The van der Waals surface area contributed by atoms with Gasteiger partial charge in [0.1, 0.15) is 0 Å². The van der Waals surface area contributed by atoms with E-state index >= 15 is 0 Å². The van der Waals surface area contributed by atoms with Gasteiger partial charge in [0.15, 0.2) is 0 Å². The molecular weight excluding hydrogens is 410 g/mol. The topological polar surface area (TPSA) is 43.9 Å². The number of rotatable bonds is 6. The van der Waals surface area contributed by atoms with E-state index in [1.807, 2.05) is 53.3 Å². The molecule has 2 aromatic carbocycles. The molecule has 0 aliphatic carbocycles. The van der Waals surface area contributed by atoms with Gasteiger partial charge in [-0.15, -0.1) is 0 Å². The number of carbonyl (C=O) groups excluding carboxylic acids is 2. The van der Waals surface area contributed by atoms with Gasteiger partial charge in [-0.3, -0.25) is 9.59 Å². The van der Waals surface area contributed by atoms with Crippen LogP contribution in [0.3, 0.4) is 0 Å². The van der Waals surface area contributed by atoms with E-state index < -0.39 is 0 Å². The number of anilines is 1. The Bertz CT molecular complexity index is 958. The highest BCUT2D eigenvalue weighted by molar-refractivity contribution is 5.92. The van der Waals surface area contributed by atoms with E-state index in [1.54, 1.807) is 6.08 Å². The number of carbonyl (C=O) groups is 2. The van der Waals surface area contributed by atoms with Crippen molar-refractivity contribution < 1.29 is 9.59 Å². The van der Waals surface area contributed by atoms with Gasteiger partial charge in [-0.1, -0.05) is 48.5 Å². The van der Waals surface area contributed by atoms with Crippen LogP contribution in [-0.2, 0) is 16.1 Å². The van der Waals surface area contributed by atoms with Crippen molar-refractivity contribution in [1.82, 2.24) is 9.80 Å². The molecule has 2 saturated heterocycles. The van der Waals surface area contributed by atoms with Crippen molar-refractivity contribution in [1.29, 1.82) is 0 Å². The molecule has 4 rings (SSSR count). The molecule has 5 heteroatoms. The van der Waals surface area contributed by atoms with Gasteiger partial charge in [0.2, 0.25) is 11.8 Å². The number of piperidine rings is 2. The molecule has 174 valence electrons. The maximum absolute atomic E-state index is 13.2. The molecule has 2 amide bonds. The standard InChI is InChI=1S/C28H35N3O2/c1-29(22-25-12-6-7-13-26(25)30-18-8-3-9-19-30)28(33)24-16-20-31(21-17-24)27(32)15-14-23-10-4-2-5-11-23/h2,4-7,10-15,24H,3,8-9,16-22H2,1H3. The SMILES string of the molecule is CN(Cc1ccccc1N1CCCCC1)C(=O)C1CCN(C(=O)C=Cc2ccccc2)CC1. The maximum atomic E-state index is 13.2. The van der Waals surface area contributed by atoms with Crippen molar-refractivity contribution in [3.05, 3.63) is 71.8 Å². The Morgan fingerprint density at radius 1 is 0.909 bits per heavy atom. The van der Waals surface area contributed by atoms with Crippen LogP contribution in [0.5, 0.6) is 0 Å². The lowest BCUT2D eigenvalue weighted by atomic mass is 9.95. The van der Waals surface area contributed by atoms with Crippen LogP contribution in [-0.4, -0.2) is 54.8 Å². The largest absolute Gasteiger partial charge is 0.371 e. The van der Waals surface area contributed by atoms with Crippen LogP contribution < -0.4 is 4.90 Å². The molecule has 2 heterocycles. The van der Waals surface area contributed by atoms with Crippen LogP contribution in [0.25, 0.3) is 6.08 Å². The normalized spacial score (nSPS) is 17.4. The Labute approximate surface area is 197 Å². The molecule has 0 atom stereocenters. The fourth-order valence-corrected chi connectivity index (χ4v) is 4.92. The second-order valence-corrected chi connectivity index (χ2v) is 9.21. The summed E-state index contributed by atoms with van der Waals surface area (Å²) < 4.78 is 0. The van der Waals surface area contributed by atoms with Crippen molar-refractivity contribution in [2.45, 2.75) is 38.6 Å². The highest BCUT2D eigenvalue weighted by Crippen LogP contribution is 2.26. The van der Waals surface area contributed by atoms with Gasteiger partial charge < -0.3 is 14.7 Å². The Balaban J connectivity index is 1.30. The molecule has 0 radical (unpaired) electrons. The second-order valence-electron chi connectivity index (χ2n) is 9.21. The van der Waals surface area contributed by atoms with Gasteiger partial charge in [-0.05, 0) is 55.4 Å². The Hall–Kier alpha value is -3.08. The lowest BCUT2D eigenvalue weighted by molar-refractivity contribution is -0.138. The minimum atomic E-state index is -0.0145. The molecule has 2 aliphatic heterocycles. The summed E-state index contributed by atoms with van der Waals surface area (Å²) in [6.45, 7) is 4.09. The zero-order chi connectivity index (χ0) is 23.0. The van der Waals surface area contributed by atoms with E-state index in [9.17, 15) is 9.59 Å². The molecule has 2 fully saturated rings. The summed E-state index contributed by atoms with van der Waals surface area (Å²) in [5.41, 5.74) is 3.50.